The molecule has 0 radical (unpaired) electrons. The molecule has 3 heterocycles. The fourth-order valence-electron chi connectivity index (χ4n) is 3.40. The fraction of sp³-hybridized carbons (Fsp3) is 0.600. The van der Waals surface area contributed by atoms with Crippen molar-refractivity contribution in [2.24, 2.45) is 0 Å². The van der Waals surface area contributed by atoms with Gasteiger partial charge in [0.15, 0.2) is 0 Å². The van der Waals surface area contributed by atoms with Gasteiger partial charge in [-0.2, -0.15) is 0 Å². The molecule has 5 heteroatoms. The van der Waals surface area contributed by atoms with Crippen LogP contribution in [-0.2, 0) is 0 Å². The SMILES string of the molecule is COc1cccc(C(=O)N2C3CCCCC2CC3)n1.Cl. The quantitative estimate of drug-likeness (QED) is 0.842. The van der Waals surface area contributed by atoms with Crippen LogP contribution in [0.5, 0.6) is 5.88 Å². The molecule has 0 spiro atoms. The Morgan fingerprint density at radius 3 is 2.45 bits per heavy atom. The highest BCUT2D eigenvalue weighted by Crippen LogP contribution is 2.35. The van der Waals surface area contributed by atoms with Crippen LogP contribution in [0.15, 0.2) is 18.2 Å². The summed E-state index contributed by atoms with van der Waals surface area (Å²) in [7, 11) is 1.58. The van der Waals surface area contributed by atoms with Crippen molar-refractivity contribution in [3.8, 4) is 5.88 Å². The maximum absolute atomic E-state index is 12.7. The number of hydrogen-bond donors (Lipinski definition) is 0. The van der Waals surface area contributed by atoms with Crippen LogP contribution >= 0.6 is 12.4 Å². The molecule has 1 amide bonds. The van der Waals surface area contributed by atoms with Crippen molar-refractivity contribution in [2.75, 3.05) is 7.11 Å². The van der Waals surface area contributed by atoms with Gasteiger partial charge in [-0.3, -0.25) is 4.79 Å². The largest absolute Gasteiger partial charge is 0.481 e. The summed E-state index contributed by atoms with van der Waals surface area (Å²) in [5.41, 5.74) is 0.512. The van der Waals surface area contributed by atoms with Crippen molar-refractivity contribution in [1.29, 1.82) is 0 Å². The van der Waals surface area contributed by atoms with Gasteiger partial charge >= 0.3 is 0 Å². The van der Waals surface area contributed by atoms with Gasteiger partial charge in [-0.25, -0.2) is 4.98 Å². The Balaban J connectivity index is 0.00000147. The lowest BCUT2D eigenvalue weighted by molar-refractivity contribution is 0.0664. The van der Waals surface area contributed by atoms with Gasteiger partial charge in [-0.15, -0.1) is 12.4 Å². The van der Waals surface area contributed by atoms with Crippen molar-refractivity contribution >= 4 is 18.3 Å². The Morgan fingerprint density at radius 1 is 1.20 bits per heavy atom. The van der Waals surface area contributed by atoms with Gasteiger partial charge in [0, 0.05) is 18.2 Å². The normalized spacial score (nSPS) is 24.8. The number of carbonyl (C=O) groups is 1. The highest BCUT2D eigenvalue weighted by atomic mass is 35.5. The van der Waals surface area contributed by atoms with Crippen LogP contribution < -0.4 is 4.74 Å². The van der Waals surface area contributed by atoms with Crippen molar-refractivity contribution in [1.82, 2.24) is 9.88 Å². The molecule has 0 N–H and O–H groups in total. The van der Waals surface area contributed by atoms with Gasteiger partial charge in [0.2, 0.25) is 5.88 Å². The molecule has 2 aliphatic heterocycles. The number of amides is 1. The number of fused-ring (bicyclic) bond motifs is 2. The van der Waals surface area contributed by atoms with Crippen LogP contribution in [0, 0.1) is 0 Å². The van der Waals surface area contributed by atoms with Gasteiger partial charge in [-0.05, 0) is 31.7 Å². The molecule has 1 aromatic heterocycles. The van der Waals surface area contributed by atoms with E-state index in [9.17, 15) is 4.79 Å². The molecule has 1 aromatic rings. The molecular weight excluding hydrogens is 276 g/mol. The lowest BCUT2D eigenvalue weighted by Crippen LogP contribution is -2.40. The van der Waals surface area contributed by atoms with E-state index in [1.54, 1.807) is 19.2 Å². The van der Waals surface area contributed by atoms with Crippen molar-refractivity contribution < 1.29 is 9.53 Å². The number of carbonyl (C=O) groups excluding carboxylic acids is 1. The molecule has 0 aromatic carbocycles. The Bertz CT molecular complexity index is 467. The molecule has 2 bridgehead atoms. The van der Waals surface area contributed by atoms with Gasteiger partial charge in [0.25, 0.3) is 5.91 Å². The maximum Gasteiger partial charge on any atom is 0.273 e. The van der Waals surface area contributed by atoms with Gasteiger partial charge in [0.05, 0.1) is 7.11 Å². The molecule has 110 valence electrons. The number of halogens is 1. The third kappa shape index (κ3) is 2.75. The molecule has 20 heavy (non-hydrogen) atoms. The van der Waals surface area contributed by atoms with Crippen LogP contribution in [0.1, 0.15) is 49.0 Å². The summed E-state index contributed by atoms with van der Waals surface area (Å²) < 4.78 is 5.10. The molecule has 3 rings (SSSR count). The van der Waals surface area contributed by atoms with E-state index in [2.05, 4.69) is 9.88 Å². The van der Waals surface area contributed by atoms with Crippen LogP contribution in [0.2, 0.25) is 0 Å². The number of pyridine rings is 1. The van der Waals surface area contributed by atoms with Crippen LogP contribution in [0.25, 0.3) is 0 Å². The zero-order valence-corrected chi connectivity index (χ0v) is 12.6. The molecule has 2 fully saturated rings. The Hall–Kier alpha value is -1.29. The first-order valence-electron chi connectivity index (χ1n) is 7.13. The van der Waals surface area contributed by atoms with Crippen molar-refractivity contribution in [2.45, 2.75) is 50.6 Å². The van der Waals surface area contributed by atoms with E-state index >= 15 is 0 Å². The minimum atomic E-state index is 0. The molecule has 2 saturated heterocycles. The fourth-order valence-corrected chi connectivity index (χ4v) is 3.40. The second-order valence-electron chi connectivity index (χ2n) is 5.45. The average Bonchev–Trinajstić information content (AvgIpc) is 2.71. The molecule has 0 saturated carbocycles. The lowest BCUT2D eigenvalue weighted by atomic mass is 10.0. The predicted molar refractivity (Wildman–Crippen MR) is 79.5 cm³/mol. The van der Waals surface area contributed by atoms with E-state index in [0.717, 1.165) is 25.7 Å². The third-order valence-electron chi connectivity index (χ3n) is 4.33. The monoisotopic (exact) mass is 296 g/mol. The summed E-state index contributed by atoms with van der Waals surface area (Å²) in [5, 5.41) is 0. The number of methoxy groups -OCH3 is 1. The van der Waals surface area contributed by atoms with E-state index < -0.39 is 0 Å². The predicted octanol–water partition coefficient (Wildman–Crippen LogP) is 3.06. The molecule has 2 aliphatic rings. The van der Waals surface area contributed by atoms with E-state index in [1.807, 2.05) is 6.07 Å². The summed E-state index contributed by atoms with van der Waals surface area (Å²) in [4.78, 5) is 19.1. The van der Waals surface area contributed by atoms with Crippen LogP contribution in [-0.4, -0.2) is 35.0 Å². The number of rotatable bonds is 2. The number of nitrogens with zero attached hydrogens (tertiary/aromatic N) is 2. The highest BCUT2D eigenvalue weighted by molar-refractivity contribution is 5.93. The standard InChI is InChI=1S/C15H20N2O2.ClH/c1-19-14-8-4-7-13(16-14)15(18)17-11-5-2-3-6-12(17)10-9-11;/h4,7-8,11-12H,2-3,5-6,9-10H2,1H3;1H. The van der Waals surface area contributed by atoms with Crippen molar-refractivity contribution in [3.05, 3.63) is 23.9 Å². The average molecular weight is 297 g/mol. The second kappa shape index (κ2) is 6.44. The van der Waals surface area contributed by atoms with E-state index in [4.69, 9.17) is 4.74 Å². The third-order valence-corrected chi connectivity index (χ3v) is 4.33. The number of hydrogen-bond acceptors (Lipinski definition) is 3. The minimum absolute atomic E-state index is 0. The second-order valence-corrected chi connectivity index (χ2v) is 5.45. The molecule has 2 unspecified atom stereocenters. The first kappa shape index (κ1) is 15.1. The topological polar surface area (TPSA) is 42.4 Å². The molecule has 0 aliphatic carbocycles. The molecule has 2 atom stereocenters. The Kier molecular flexibility index (Phi) is 4.86. The van der Waals surface area contributed by atoms with Gasteiger partial charge < -0.3 is 9.64 Å². The van der Waals surface area contributed by atoms with Gasteiger partial charge in [0.1, 0.15) is 5.69 Å². The summed E-state index contributed by atoms with van der Waals surface area (Å²) in [6, 6.07) is 6.24. The van der Waals surface area contributed by atoms with Crippen LogP contribution in [0.4, 0.5) is 0 Å². The van der Waals surface area contributed by atoms with E-state index in [-0.39, 0.29) is 18.3 Å². The summed E-state index contributed by atoms with van der Waals surface area (Å²) in [5.74, 6) is 0.585. The molecule has 4 nitrogen and oxygen atoms in total. The van der Waals surface area contributed by atoms with Crippen molar-refractivity contribution in [3.63, 3.8) is 0 Å². The number of aromatic nitrogens is 1. The highest BCUT2D eigenvalue weighted by Gasteiger charge is 2.38. The first-order valence-corrected chi connectivity index (χ1v) is 7.13. The summed E-state index contributed by atoms with van der Waals surface area (Å²) in [6.07, 6.45) is 7.09. The summed E-state index contributed by atoms with van der Waals surface area (Å²) >= 11 is 0. The number of ether oxygens (including phenoxy) is 1. The summed E-state index contributed by atoms with van der Waals surface area (Å²) in [6.45, 7) is 0. The van der Waals surface area contributed by atoms with Crippen LogP contribution in [0.3, 0.4) is 0 Å². The van der Waals surface area contributed by atoms with Gasteiger partial charge in [-0.1, -0.05) is 18.9 Å². The minimum Gasteiger partial charge on any atom is -0.481 e. The Morgan fingerprint density at radius 2 is 1.85 bits per heavy atom. The lowest BCUT2D eigenvalue weighted by Gasteiger charge is -2.27. The van der Waals surface area contributed by atoms with E-state index in [0.29, 0.717) is 23.7 Å². The smallest absolute Gasteiger partial charge is 0.273 e. The maximum atomic E-state index is 12.7. The Labute approximate surface area is 125 Å². The first-order chi connectivity index (χ1) is 9.29. The molecular formula is C15H21ClN2O2. The van der Waals surface area contributed by atoms with E-state index in [1.165, 1.54) is 12.8 Å². The zero-order chi connectivity index (χ0) is 13.2. The zero-order valence-electron chi connectivity index (χ0n) is 11.7.